The summed E-state index contributed by atoms with van der Waals surface area (Å²) in [7, 11) is 1.61. The number of carbonyl (C=O) groups excluding carboxylic acids is 1. The lowest BCUT2D eigenvalue weighted by molar-refractivity contribution is -0.127. The highest BCUT2D eigenvalue weighted by Crippen LogP contribution is 2.28. The van der Waals surface area contributed by atoms with Gasteiger partial charge < -0.3 is 14.8 Å². The van der Waals surface area contributed by atoms with Crippen molar-refractivity contribution in [2.75, 3.05) is 7.11 Å². The summed E-state index contributed by atoms with van der Waals surface area (Å²) in [6.07, 6.45) is -0.691. The van der Waals surface area contributed by atoms with E-state index >= 15 is 0 Å². The number of carbonyl (C=O) groups is 1. The van der Waals surface area contributed by atoms with Crippen LogP contribution in [0.3, 0.4) is 0 Å². The van der Waals surface area contributed by atoms with Crippen molar-refractivity contribution in [2.24, 2.45) is 0 Å². The van der Waals surface area contributed by atoms with Crippen LogP contribution in [0.15, 0.2) is 42.5 Å². The molecule has 0 spiro atoms. The molecule has 0 heterocycles. The lowest BCUT2D eigenvalue weighted by Gasteiger charge is -2.16. The van der Waals surface area contributed by atoms with Gasteiger partial charge in [-0.25, -0.2) is 0 Å². The fraction of sp³-hybridized carbons (Fsp3) is 0.235. The highest BCUT2D eigenvalue weighted by Gasteiger charge is 2.16. The molecule has 0 saturated heterocycles. The van der Waals surface area contributed by atoms with Crippen LogP contribution in [0.2, 0.25) is 10.0 Å². The highest BCUT2D eigenvalue weighted by molar-refractivity contribution is 6.34. The summed E-state index contributed by atoms with van der Waals surface area (Å²) < 4.78 is 10.7. The van der Waals surface area contributed by atoms with Gasteiger partial charge in [-0.2, -0.15) is 0 Å². The second-order valence-electron chi connectivity index (χ2n) is 4.90. The summed E-state index contributed by atoms with van der Waals surface area (Å²) >= 11 is 11.9. The van der Waals surface area contributed by atoms with Gasteiger partial charge in [0.1, 0.15) is 11.5 Å². The van der Waals surface area contributed by atoms with E-state index in [0.717, 1.165) is 11.3 Å². The van der Waals surface area contributed by atoms with Gasteiger partial charge in [-0.3, -0.25) is 4.79 Å². The first kappa shape index (κ1) is 17.4. The van der Waals surface area contributed by atoms with E-state index in [1.165, 1.54) is 0 Å². The van der Waals surface area contributed by atoms with Crippen LogP contribution in [0, 0.1) is 0 Å². The Kier molecular flexibility index (Phi) is 6.13. The van der Waals surface area contributed by atoms with Gasteiger partial charge in [0.2, 0.25) is 0 Å². The van der Waals surface area contributed by atoms with Gasteiger partial charge >= 0.3 is 0 Å². The van der Waals surface area contributed by atoms with Gasteiger partial charge in [0.15, 0.2) is 6.10 Å². The van der Waals surface area contributed by atoms with Crippen molar-refractivity contribution in [3.63, 3.8) is 0 Å². The van der Waals surface area contributed by atoms with Crippen molar-refractivity contribution in [1.82, 2.24) is 5.32 Å². The Labute approximate surface area is 145 Å². The molecule has 0 aromatic heterocycles. The van der Waals surface area contributed by atoms with Crippen LogP contribution in [0.4, 0.5) is 0 Å². The number of methoxy groups -OCH3 is 1. The molecular formula is C17H17Cl2NO3. The van der Waals surface area contributed by atoms with E-state index in [-0.39, 0.29) is 5.91 Å². The second-order valence-corrected chi connectivity index (χ2v) is 5.74. The number of rotatable bonds is 6. The van der Waals surface area contributed by atoms with Gasteiger partial charge in [0, 0.05) is 17.6 Å². The Bertz CT molecular complexity index is 674. The molecule has 4 nitrogen and oxygen atoms in total. The van der Waals surface area contributed by atoms with E-state index in [4.69, 9.17) is 32.7 Å². The second kappa shape index (κ2) is 8.09. The first-order valence-electron chi connectivity index (χ1n) is 7.02. The molecule has 0 radical (unpaired) electrons. The number of halogens is 2. The summed E-state index contributed by atoms with van der Waals surface area (Å²) in [6, 6.07) is 12.3. The molecule has 0 aliphatic heterocycles. The topological polar surface area (TPSA) is 47.6 Å². The minimum atomic E-state index is -0.691. The molecule has 1 amide bonds. The maximum atomic E-state index is 12.1. The smallest absolute Gasteiger partial charge is 0.261 e. The van der Waals surface area contributed by atoms with Crippen molar-refractivity contribution in [3.8, 4) is 11.5 Å². The number of nitrogens with one attached hydrogen (secondary N) is 1. The molecule has 23 heavy (non-hydrogen) atoms. The Morgan fingerprint density at radius 3 is 2.52 bits per heavy atom. The fourth-order valence-corrected chi connectivity index (χ4v) is 2.21. The van der Waals surface area contributed by atoms with Crippen LogP contribution < -0.4 is 14.8 Å². The van der Waals surface area contributed by atoms with E-state index in [0.29, 0.717) is 22.3 Å². The summed E-state index contributed by atoms with van der Waals surface area (Å²) in [5.74, 6) is 0.913. The predicted octanol–water partition coefficient (Wildman–Crippen LogP) is 4.09. The molecule has 1 atom stereocenters. The SMILES string of the molecule is COc1ccc(CNC(=O)[C@H](C)Oc2cc(Cl)ccc2Cl)cc1. The Morgan fingerprint density at radius 1 is 1.17 bits per heavy atom. The monoisotopic (exact) mass is 353 g/mol. The van der Waals surface area contributed by atoms with E-state index in [9.17, 15) is 4.79 Å². The van der Waals surface area contributed by atoms with Gasteiger partial charge in [0.05, 0.1) is 12.1 Å². The first-order valence-corrected chi connectivity index (χ1v) is 7.77. The minimum Gasteiger partial charge on any atom is -0.497 e. The van der Waals surface area contributed by atoms with E-state index in [1.54, 1.807) is 32.2 Å². The van der Waals surface area contributed by atoms with Gasteiger partial charge in [-0.05, 0) is 36.8 Å². The van der Waals surface area contributed by atoms with Crippen molar-refractivity contribution >= 4 is 29.1 Å². The van der Waals surface area contributed by atoms with Crippen LogP contribution in [0.1, 0.15) is 12.5 Å². The van der Waals surface area contributed by atoms with Crippen LogP contribution in [-0.4, -0.2) is 19.1 Å². The standard InChI is InChI=1S/C17H17Cl2NO3/c1-11(23-16-9-13(18)5-8-15(16)19)17(21)20-10-12-3-6-14(22-2)7-4-12/h3-9,11H,10H2,1-2H3,(H,20,21)/t11-/m0/s1. The molecule has 2 rings (SSSR count). The molecular weight excluding hydrogens is 337 g/mol. The third-order valence-electron chi connectivity index (χ3n) is 3.19. The molecule has 0 aliphatic rings. The number of hydrogen-bond donors (Lipinski definition) is 1. The number of ether oxygens (including phenoxy) is 2. The van der Waals surface area contributed by atoms with Crippen molar-refractivity contribution in [1.29, 1.82) is 0 Å². The molecule has 122 valence electrons. The zero-order chi connectivity index (χ0) is 16.8. The normalized spacial score (nSPS) is 11.7. The van der Waals surface area contributed by atoms with E-state index in [2.05, 4.69) is 5.32 Å². The molecule has 0 bridgehead atoms. The molecule has 2 aromatic rings. The molecule has 1 N–H and O–H groups in total. The highest BCUT2D eigenvalue weighted by atomic mass is 35.5. The third kappa shape index (κ3) is 5.05. The summed E-state index contributed by atoms with van der Waals surface area (Å²) in [5.41, 5.74) is 0.965. The molecule has 0 fully saturated rings. The van der Waals surface area contributed by atoms with Crippen LogP contribution in [0.5, 0.6) is 11.5 Å². The van der Waals surface area contributed by atoms with Crippen molar-refractivity contribution in [3.05, 3.63) is 58.1 Å². The Hall–Kier alpha value is -1.91. The number of amides is 1. The lowest BCUT2D eigenvalue weighted by Crippen LogP contribution is -2.35. The fourth-order valence-electron chi connectivity index (χ4n) is 1.89. The van der Waals surface area contributed by atoms with Gasteiger partial charge in [0.25, 0.3) is 5.91 Å². The zero-order valence-corrected chi connectivity index (χ0v) is 14.3. The molecule has 2 aromatic carbocycles. The maximum absolute atomic E-state index is 12.1. The summed E-state index contributed by atoms with van der Waals surface area (Å²) in [6.45, 7) is 2.06. The zero-order valence-electron chi connectivity index (χ0n) is 12.8. The molecule has 0 unspecified atom stereocenters. The van der Waals surface area contributed by atoms with Crippen molar-refractivity contribution < 1.29 is 14.3 Å². The molecule has 0 aliphatic carbocycles. The van der Waals surface area contributed by atoms with Gasteiger partial charge in [-0.1, -0.05) is 35.3 Å². The first-order chi connectivity index (χ1) is 11.0. The lowest BCUT2D eigenvalue weighted by atomic mass is 10.2. The average molecular weight is 354 g/mol. The largest absolute Gasteiger partial charge is 0.497 e. The predicted molar refractivity (Wildman–Crippen MR) is 91.4 cm³/mol. The van der Waals surface area contributed by atoms with Crippen LogP contribution in [-0.2, 0) is 11.3 Å². The number of hydrogen-bond acceptors (Lipinski definition) is 3. The number of benzene rings is 2. The summed E-state index contributed by atoms with van der Waals surface area (Å²) in [5, 5.41) is 3.71. The Morgan fingerprint density at radius 2 is 1.87 bits per heavy atom. The quantitative estimate of drug-likeness (QED) is 0.850. The maximum Gasteiger partial charge on any atom is 0.261 e. The van der Waals surface area contributed by atoms with E-state index < -0.39 is 6.10 Å². The van der Waals surface area contributed by atoms with E-state index in [1.807, 2.05) is 24.3 Å². The molecule has 0 saturated carbocycles. The molecule has 6 heteroatoms. The van der Waals surface area contributed by atoms with Gasteiger partial charge in [-0.15, -0.1) is 0 Å². The summed E-state index contributed by atoms with van der Waals surface area (Å²) in [4.78, 5) is 12.1. The van der Waals surface area contributed by atoms with Crippen LogP contribution >= 0.6 is 23.2 Å². The van der Waals surface area contributed by atoms with Crippen molar-refractivity contribution in [2.45, 2.75) is 19.6 Å². The average Bonchev–Trinajstić information content (AvgIpc) is 2.56. The Balaban J connectivity index is 1.90. The third-order valence-corrected chi connectivity index (χ3v) is 3.74. The van der Waals surface area contributed by atoms with Crippen LogP contribution in [0.25, 0.3) is 0 Å². The minimum absolute atomic E-state index is 0.239.